The minimum absolute atomic E-state index is 0.196. The van der Waals surface area contributed by atoms with Gasteiger partial charge in [0, 0.05) is 6.20 Å². The molecule has 4 nitrogen and oxygen atoms in total. The summed E-state index contributed by atoms with van der Waals surface area (Å²) in [5.41, 5.74) is 0. The molecule has 0 saturated heterocycles. The zero-order valence-electron chi connectivity index (χ0n) is 8.89. The van der Waals surface area contributed by atoms with E-state index in [1.165, 1.54) is 11.8 Å². The van der Waals surface area contributed by atoms with Crippen molar-refractivity contribution in [3.63, 3.8) is 0 Å². The minimum Gasteiger partial charge on any atom is -0.494 e. The molecule has 0 aliphatic heterocycles. The molecule has 0 saturated carbocycles. The fourth-order valence-corrected chi connectivity index (χ4v) is 1.14. The van der Waals surface area contributed by atoms with Crippen LogP contribution in [0.15, 0.2) is 18.3 Å². The van der Waals surface area contributed by atoms with Crippen LogP contribution in [0.1, 0.15) is 13.8 Å². The predicted octanol–water partition coefficient (Wildman–Crippen LogP) is 1.84. The van der Waals surface area contributed by atoms with E-state index in [9.17, 15) is 4.79 Å². The highest BCUT2D eigenvalue weighted by Crippen LogP contribution is 2.11. The van der Waals surface area contributed by atoms with Crippen LogP contribution in [0, 0.1) is 10.6 Å². The van der Waals surface area contributed by atoms with Gasteiger partial charge in [-0.1, -0.05) is 26.1 Å². The number of nitrogens with zero attached hydrogens (tertiary/aromatic N) is 1. The average Bonchev–Trinajstić information content (AvgIpc) is 2.21. The van der Waals surface area contributed by atoms with Crippen molar-refractivity contribution in [2.24, 2.45) is 5.92 Å². The zero-order chi connectivity index (χ0) is 11.4. The first-order valence-electron chi connectivity index (χ1n) is 4.54. The highest BCUT2D eigenvalue weighted by Gasteiger charge is 2.10. The van der Waals surface area contributed by atoms with E-state index in [-0.39, 0.29) is 11.9 Å². The van der Waals surface area contributed by atoms with Crippen molar-refractivity contribution in [2.45, 2.75) is 13.8 Å². The quantitative estimate of drug-likeness (QED) is 0.739. The van der Waals surface area contributed by atoms with Gasteiger partial charge in [-0.15, -0.1) is 0 Å². The summed E-state index contributed by atoms with van der Waals surface area (Å²) in [7, 11) is 1.51. The van der Waals surface area contributed by atoms with Crippen LogP contribution >= 0.6 is 12.2 Å². The van der Waals surface area contributed by atoms with Crippen LogP contribution in [0.25, 0.3) is 0 Å². The molecule has 0 N–H and O–H groups in total. The standard InChI is InChI=1S/C10H13NO3S/c1-7(2)10(12)14-11-6-4-5-8(13-3)9(11)15/h4-7H,1-3H3. The van der Waals surface area contributed by atoms with Gasteiger partial charge in [-0.3, -0.25) is 0 Å². The Morgan fingerprint density at radius 1 is 1.53 bits per heavy atom. The van der Waals surface area contributed by atoms with Crippen molar-refractivity contribution < 1.29 is 14.4 Å². The molecule has 1 aromatic rings. The van der Waals surface area contributed by atoms with Gasteiger partial charge < -0.3 is 9.57 Å². The molecule has 1 aromatic heterocycles. The summed E-state index contributed by atoms with van der Waals surface area (Å²) in [5.74, 6) is -0.0264. The Bertz CT molecular complexity index is 411. The molecular weight excluding hydrogens is 214 g/mol. The summed E-state index contributed by atoms with van der Waals surface area (Å²) in [6.07, 6.45) is 1.57. The van der Waals surface area contributed by atoms with Crippen molar-refractivity contribution in [3.8, 4) is 5.75 Å². The Morgan fingerprint density at radius 2 is 2.20 bits per heavy atom. The monoisotopic (exact) mass is 227 g/mol. The van der Waals surface area contributed by atoms with Crippen molar-refractivity contribution in [1.29, 1.82) is 0 Å². The third kappa shape index (κ3) is 2.79. The summed E-state index contributed by atoms with van der Waals surface area (Å²) in [6, 6.07) is 3.41. The van der Waals surface area contributed by atoms with Crippen LogP contribution in [0.5, 0.6) is 5.75 Å². The summed E-state index contributed by atoms with van der Waals surface area (Å²) >= 11 is 5.06. The Balaban J connectivity index is 2.96. The maximum Gasteiger partial charge on any atom is 0.335 e. The molecule has 0 bridgehead atoms. The van der Waals surface area contributed by atoms with Crippen molar-refractivity contribution >= 4 is 18.2 Å². The van der Waals surface area contributed by atoms with Crippen molar-refractivity contribution in [2.75, 3.05) is 7.11 Å². The van der Waals surface area contributed by atoms with Gasteiger partial charge in [0.15, 0.2) is 10.4 Å². The average molecular weight is 227 g/mol. The second-order valence-electron chi connectivity index (χ2n) is 3.27. The number of hydrogen-bond donors (Lipinski definition) is 0. The van der Waals surface area contributed by atoms with Gasteiger partial charge in [-0.2, -0.15) is 4.73 Å². The van der Waals surface area contributed by atoms with Gasteiger partial charge in [-0.25, -0.2) is 4.79 Å². The SMILES string of the molecule is COc1cccn(OC(=O)C(C)C)c1=S. The third-order valence-corrected chi connectivity index (χ3v) is 2.14. The summed E-state index contributed by atoms with van der Waals surface area (Å²) < 4.78 is 6.59. The Hall–Kier alpha value is -1.36. The lowest BCUT2D eigenvalue weighted by atomic mass is 10.2. The van der Waals surface area contributed by atoms with E-state index in [2.05, 4.69) is 0 Å². The molecule has 0 fully saturated rings. The lowest BCUT2D eigenvalue weighted by Crippen LogP contribution is -2.24. The minimum atomic E-state index is -0.334. The highest BCUT2D eigenvalue weighted by atomic mass is 32.1. The fraction of sp³-hybridized carbons (Fsp3) is 0.400. The summed E-state index contributed by atoms with van der Waals surface area (Å²) in [4.78, 5) is 16.4. The van der Waals surface area contributed by atoms with Crippen LogP contribution in [0.4, 0.5) is 0 Å². The molecule has 0 aromatic carbocycles. The number of carbonyl (C=O) groups excluding carboxylic acids is 1. The molecule has 0 unspecified atom stereocenters. The number of ether oxygens (including phenoxy) is 1. The summed E-state index contributed by atoms with van der Waals surface area (Å²) in [6.45, 7) is 3.51. The highest BCUT2D eigenvalue weighted by molar-refractivity contribution is 7.71. The van der Waals surface area contributed by atoms with E-state index in [1.54, 1.807) is 32.2 Å². The van der Waals surface area contributed by atoms with Gasteiger partial charge in [0.25, 0.3) is 0 Å². The first kappa shape index (κ1) is 11.7. The van der Waals surface area contributed by atoms with Crippen molar-refractivity contribution in [3.05, 3.63) is 23.0 Å². The van der Waals surface area contributed by atoms with E-state index in [4.69, 9.17) is 21.8 Å². The van der Waals surface area contributed by atoms with E-state index in [0.29, 0.717) is 10.4 Å². The lowest BCUT2D eigenvalue weighted by Gasteiger charge is -2.10. The Kier molecular flexibility index (Phi) is 3.85. The van der Waals surface area contributed by atoms with Gasteiger partial charge in [0.1, 0.15) is 0 Å². The second-order valence-corrected chi connectivity index (χ2v) is 3.66. The summed E-state index contributed by atoms with van der Waals surface area (Å²) in [5, 5.41) is 0. The zero-order valence-corrected chi connectivity index (χ0v) is 9.71. The van der Waals surface area contributed by atoms with Crippen molar-refractivity contribution in [1.82, 2.24) is 4.73 Å². The smallest absolute Gasteiger partial charge is 0.335 e. The molecule has 0 spiro atoms. The van der Waals surface area contributed by atoms with Crippen LogP contribution in [0.3, 0.4) is 0 Å². The molecule has 0 amide bonds. The third-order valence-electron chi connectivity index (χ3n) is 1.76. The molecular formula is C10H13NO3S. The molecule has 0 radical (unpaired) electrons. The Morgan fingerprint density at radius 3 is 2.73 bits per heavy atom. The number of methoxy groups -OCH3 is 1. The maximum atomic E-state index is 11.3. The molecule has 82 valence electrons. The molecule has 15 heavy (non-hydrogen) atoms. The normalized spacial score (nSPS) is 10.1. The molecule has 1 heterocycles. The second kappa shape index (κ2) is 4.93. The number of hydrogen-bond acceptors (Lipinski definition) is 4. The van der Waals surface area contributed by atoms with Gasteiger partial charge >= 0.3 is 5.97 Å². The first-order valence-corrected chi connectivity index (χ1v) is 4.95. The van der Waals surface area contributed by atoms with Gasteiger partial charge in [-0.05, 0) is 12.1 Å². The Labute approximate surface area is 93.4 Å². The largest absolute Gasteiger partial charge is 0.494 e. The van der Waals surface area contributed by atoms with Crippen LogP contribution in [0.2, 0.25) is 0 Å². The van der Waals surface area contributed by atoms with E-state index >= 15 is 0 Å². The van der Waals surface area contributed by atoms with Crippen LogP contribution in [-0.4, -0.2) is 17.8 Å². The molecule has 0 atom stereocenters. The molecule has 0 aliphatic rings. The van der Waals surface area contributed by atoms with E-state index in [0.717, 1.165) is 0 Å². The van der Waals surface area contributed by atoms with Crippen LogP contribution < -0.4 is 9.57 Å². The van der Waals surface area contributed by atoms with Crippen LogP contribution in [-0.2, 0) is 4.79 Å². The van der Waals surface area contributed by atoms with E-state index < -0.39 is 0 Å². The molecule has 1 rings (SSSR count). The lowest BCUT2D eigenvalue weighted by molar-refractivity contribution is -0.148. The predicted molar refractivity (Wildman–Crippen MR) is 58.2 cm³/mol. The number of pyridine rings is 1. The fourth-order valence-electron chi connectivity index (χ4n) is 0.886. The number of rotatable bonds is 3. The maximum absolute atomic E-state index is 11.3. The van der Waals surface area contributed by atoms with Gasteiger partial charge in [0.2, 0.25) is 0 Å². The van der Waals surface area contributed by atoms with Gasteiger partial charge in [0.05, 0.1) is 13.0 Å². The number of aromatic nitrogens is 1. The topological polar surface area (TPSA) is 40.5 Å². The molecule has 0 aliphatic carbocycles. The molecule has 5 heteroatoms. The van der Waals surface area contributed by atoms with E-state index in [1.807, 2.05) is 0 Å². The first-order chi connectivity index (χ1) is 7.06. The number of carbonyl (C=O) groups is 1.